The van der Waals surface area contributed by atoms with Crippen LogP contribution in [0.15, 0.2) is 48.5 Å². The Hall–Kier alpha value is -5.40. The number of amides is 6. The quantitative estimate of drug-likeness (QED) is 0.204. The van der Waals surface area contributed by atoms with Crippen molar-refractivity contribution in [3.8, 4) is 0 Å². The van der Waals surface area contributed by atoms with E-state index >= 15 is 0 Å². The van der Waals surface area contributed by atoms with E-state index in [2.05, 4.69) is 0 Å². The standard InChI is InChI=1S/C44H60N4O10/c1-41(2,3)55-37(51)45-27-13-15-33(45)35(49)47(39(53)57-43(7,8)9)31-23-19-29(20-24-31)17-18-30-21-25-32(26-22-30)48(40(54)58-44(10,11)12)36(50)34-16-14-28-46(34)38(52)56-42(4,5)6/h17-26,33-34H,13-16,27-28H2,1-12H3/t33-,34-/m0/s1. The van der Waals surface area contributed by atoms with Crippen molar-refractivity contribution < 1.29 is 47.7 Å². The molecular weight excluding hydrogens is 745 g/mol. The fraction of sp³-hybridized carbons (Fsp3) is 0.545. The Morgan fingerprint density at radius 2 is 0.793 bits per heavy atom. The second kappa shape index (κ2) is 17.6. The topological polar surface area (TPSA) is 152 Å². The number of nitrogens with zero attached hydrogens (tertiary/aromatic N) is 4. The van der Waals surface area contributed by atoms with E-state index in [0.717, 1.165) is 20.9 Å². The van der Waals surface area contributed by atoms with Crippen LogP contribution < -0.4 is 9.80 Å². The van der Waals surface area contributed by atoms with Crippen molar-refractivity contribution in [1.82, 2.24) is 9.80 Å². The predicted molar refractivity (Wildman–Crippen MR) is 221 cm³/mol. The van der Waals surface area contributed by atoms with E-state index in [1.165, 1.54) is 9.80 Å². The molecule has 2 aromatic rings. The van der Waals surface area contributed by atoms with Gasteiger partial charge in [-0.05, 0) is 144 Å². The molecule has 6 amide bonds. The lowest BCUT2D eigenvalue weighted by Gasteiger charge is -2.32. The fourth-order valence-corrected chi connectivity index (χ4v) is 6.34. The summed E-state index contributed by atoms with van der Waals surface area (Å²) in [6, 6.07) is 11.7. The minimum Gasteiger partial charge on any atom is -0.444 e. The fourth-order valence-electron chi connectivity index (χ4n) is 6.34. The Morgan fingerprint density at radius 3 is 1.07 bits per heavy atom. The molecule has 0 spiro atoms. The molecular formula is C44H60N4O10. The number of benzene rings is 2. The smallest absolute Gasteiger partial charge is 0.421 e. The molecule has 316 valence electrons. The molecule has 2 aliphatic rings. The molecule has 0 unspecified atom stereocenters. The largest absolute Gasteiger partial charge is 0.444 e. The van der Waals surface area contributed by atoms with Crippen molar-refractivity contribution >= 4 is 59.7 Å². The van der Waals surface area contributed by atoms with Gasteiger partial charge in [0.1, 0.15) is 34.5 Å². The van der Waals surface area contributed by atoms with E-state index in [9.17, 15) is 28.8 Å². The van der Waals surface area contributed by atoms with Gasteiger partial charge < -0.3 is 18.9 Å². The Morgan fingerprint density at radius 1 is 0.500 bits per heavy atom. The van der Waals surface area contributed by atoms with E-state index in [-0.39, 0.29) is 11.4 Å². The Kier molecular flexibility index (Phi) is 13.8. The highest BCUT2D eigenvalue weighted by Gasteiger charge is 2.43. The lowest BCUT2D eigenvalue weighted by Crippen LogP contribution is -2.52. The van der Waals surface area contributed by atoms with E-state index in [4.69, 9.17) is 18.9 Å². The molecule has 14 nitrogen and oxygen atoms in total. The molecule has 0 radical (unpaired) electrons. The Labute approximate surface area is 342 Å². The molecule has 2 atom stereocenters. The predicted octanol–water partition coefficient (Wildman–Crippen LogP) is 9.19. The van der Waals surface area contributed by atoms with Crippen LogP contribution in [0, 0.1) is 0 Å². The minimum absolute atomic E-state index is 0.274. The third-order valence-electron chi connectivity index (χ3n) is 8.70. The number of rotatable bonds is 6. The highest BCUT2D eigenvalue weighted by Crippen LogP contribution is 2.30. The lowest BCUT2D eigenvalue weighted by molar-refractivity contribution is -0.123. The van der Waals surface area contributed by atoms with Gasteiger partial charge in [0.2, 0.25) is 0 Å². The van der Waals surface area contributed by atoms with Crippen molar-refractivity contribution in [2.24, 2.45) is 0 Å². The first-order valence-electron chi connectivity index (χ1n) is 19.7. The van der Waals surface area contributed by atoms with Gasteiger partial charge in [-0.3, -0.25) is 19.4 Å². The Bertz CT molecular complexity index is 1730. The van der Waals surface area contributed by atoms with Crippen LogP contribution in [-0.2, 0) is 28.5 Å². The first-order valence-corrected chi connectivity index (χ1v) is 19.7. The average molecular weight is 805 g/mol. The van der Waals surface area contributed by atoms with Crippen molar-refractivity contribution in [2.45, 2.75) is 143 Å². The summed E-state index contributed by atoms with van der Waals surface area (Å²) in [6.07, 6.45) is 2.57. The molecule has 0 saturated carbocycles. The van der Waals surface area contributed by atoms with Crippen LogP contribution in [0.5, 0.6) is 0 Å². The van der Waals surface area contributed by atoms with Gasteiger partial charge in [-0.1, -0.05) is 36.4 Å². The molecule has 2 fully saturated rings. The van der Waals surface area contributed by atoms with Gasteiger partial charge in [-0.2, -0.15) is 0 Å². The number of anilines is 2. The van der Waals surface area contributed by atoms with Gasteiger partial charge in [0.15, 0.2) is 0 Å². The van der Waals surface area contributed by atoms with Crippen LogP contribution in [-0.4, -0.2) is 93.6 Å². The van der Waals surface area contributed by atoms with Gasteiger partial charge in [-0.25, -0.2) is 29.0 Å². The maximum absolute atomic E-state index is 14.0. The summed E-state index contributed by atoms with van der Waals surface area (Å²) >= 11 is 0. The van der Waals surface area contributed by atoms with Gasteiger partial charge in [0.25, 0.3) is 11.8 Å². The van der Waals surface area contributed by atoms with E-state index in [0.29, 0.717) is 38.8 Å². The third-order valence-corrected chi connectivity index (χ3v) is 8.70. The van der Waals surface area contributed by atoms with Crippen LogP contribution in [0.1, 0.15) is 120 Å². The monoisotopic (exact) mass is 804 g/mol. The number of ether oxygens (including phenoxy) is 4. The zero-order chi connectivity index (χ0) is 43.4. The molecule has 2 aromatic carbocycles. The number of hydrogen-bond acceptors (Lipinski definition) is 10. The van der Waals surface area contributed by atoms with E-state index in [1.807, 2.05) is 12.2 Å². The van der Waals surface area contributed by atoms with E-state index in [1.54, 1.807) is 132 Å². The summed E-state index contributed by atoms with van der Waals surface area (Å²) < 4.78 is 22.4. The van der Waals surface area contributed by atoms with Crippen molar-refractivity contribution in [2.75, 3.05) is 22.9 Å². The number of hydrogen-bond donors (Lipinski definition) is 0. The highest BCUT2D eigenvalue weighted by molar-refractivity contribution is 6.16. The third kappa shape index (κ3) is 12.5. The van der Waals surface area contributed by atoms with Crippen LogP contribution in [0.4, 0.5) is 30.6 Å². The summed E-state index contributed by atoms with van der Waals surface area (Å²) in [5, 5.41) is 0. The average Bonchev–Trinajstić information content (AvgIpc) is 3.77. The first-order chi connectivity index (χ1) is 26.7. The summed E-state index contributed by atoms with van der Waals surface area (Å²) in [4.78, 5) is 85.8. The zero-order valence-electron chi connectivity index (χ0n) is 36.0. The summed E-state index contributed by atoms with van der Waals surface area (Å²) in [7, 11) is 0. The number of carbonyl (C=O) groups is 6. The Balaban J connectivity index is 1.56. The van der Waals surface area contributed by atoms with Crippen LogP contribution in [0.3, 0.4) is 0 Å². The molecule has 0 aromatic heterocycles. The molecule has 14 heteroatoms. The number of likely N-dealkylation sites (tertiary alicyclic amines) is 2. The van der Waals surface area contributed by atoms with Crippen molar-refractivity contribution in [3.05, 3.63) is 59.7 Å². The second-order valence-corrected chi connectivity index (χ2v) is 18.5. The number of carbonyl (C=O) groups excluding carboxylic acids is 6. The first kappa shape index (κ1) is 45.3. The van der Waals surface area contributed by atoms with Crippen LogP contribution in [0.25, 0.3) is 12.2 Å². The second-order valence-electron chi connectivity index (χ2n) is 18.5. The zero-order valence-corrected chi connectivity index (χ0v) is 36.0. The lowest BCUT2D eigenvalue weighted by atomic mass is 10.1. The summed E-state index contributed by atoms with van der Waals surface area (Å²) in [5.74, 6) is -1.18. The van der Waals surface area contributed by atoms with Gasteiger partial charge in [-0.15, -0.1) is 0 Å². The van der Waals surface area contributed by atoms with Crippen molar-refractivity contribution in [3.63, 3.8) is 0 Å². The molecule has 4 rings (SSSR count). The summed E-state index contributed by atoms with van der Waals surface area (Å²) in [5.41, 5.74) is -1.25. The normalized spacial score (nSPS) is 17.5. The SMILES string of the molecule is CC(C)(C)OC(=O)N(C(=O)[C@@H]1CCCN1C(=O)OC(C)(C)C)c1ccc(C=Cc2ccc(N(C(=O)OC(C)(C)C)C(=O)[C@@H]3CCCN3C(=O)OC(C)(C)C)cc2)cc1. The molecule has 2 aliphatic heterocycles. The highest BCUT2D eigenvalue weighted by atomic mass is 16.6. The molecule has 0 bridgehead atoms. The van der Waals surface area contributed by atoms with Gasteiger partial charge in [0, 0.05) is 13.1 Å². The number of imide groups is 2. The molecule has 58 heavy (non-hydrogen) atoms. The van der Waals surface area contributed by atoms with E-state index < -0.39 is 70.7 Å². The van der Waals surface area contributed by atoms with Gasteiger partial charge in [0.05, 0.1) is 11.4 Å². The van der Waals surface area contributed by atoms with Crippen LogP contribution in [0.2, 0.25) is 0 Å². The minimum atomic E-state index is -0.909. The van der Waals surface area contributed by atoms with Crippen LogP contribution >= 0.6 is 0 Å². The maximum atomic E-state index is 14.0. The molecule has 2 heterocycles. The maximum Gasteiger partial charge on any atom is 0.421 e. The summed E-state index contributed by atoms with van der Waals surface area (Å²) in [6.45, 7) is 21.4. The molecule has 0 N–H and O–H groups in total. The molecule has 0 aliphatic carbocycles. The van der Waals surface area contributed by atoms with Crippen molar-refractivity contribution in [1.29, 1.82) is 0 Å². The molecule has 2 saturated heterocycles. The van der Waals surface area contributed by atoms with Gasteiger partial charge >= 0.3 is 24.4 Å².